The summed E-state index contributed by atoms with van der Waals surface area (Å²) in [4.78, 5) is 11.6. The summed E-state index contributed by atoms with van der Waals surface area (Å²) < 4.78 is 1.30. The van der Waals surface area contributed by atoms with E-state index >= 15 is 0 Å². The van der Waals surface area contributed by atoms with Gasteiger partial charge in [0, 0.05) is 9.86 Å². The number of hydrogen-bond donors (Lipinski definition) is 2. The van der Waals surface area contributed by atoms with Crippen LogP contribution < -0.4 is 5.56 Å². The maximum Gasteiger partial charge on any atom is 0.298 e. The van der Waals surface area contributed by atoms with Gasteiger partial charge in [-0.1, -0.05) is 11.6 Å². The molecular formula is C11H5BrClN3O3. The maximum atomic E-state index is 11.6. The zero-order chi connectivity index (χ0) is 13.7. The quantitative estimate of drug-likeness (QED) is 0.483. The summed E-state index contributed by atoms with van der Waals surface area (Å²) in [5.74, 6) is -0.530. The van der Waals surface area contributed by atoms with Crippen molar-refractivity contribution in [1.82, 2.24) is 14.9 Å². The first kappa shape index (κ1) is 12.2. The highest BCUT2D eigenvalue weighted by atomic mass is 79.9. The molecule has 2 aliphatic rings. The lowest BCUT2D eigenvalue weighted by Gasteiger charge is -2.13. The fraction of sp³-hybridized carbons (Fsp3) is 0. The van der Waals surface area contributed by atoms with Crippen molar-refractivity contribution in [3.05, 3.63) is 38.0 Å². The van der Waals surface area contributed by atoms with Gasteiger partial charge in [0.1, 0.15) is 0 Å². The van der Waals surface area contributed by atoms with E-state index in [1.165, 1.54) is 12.1 Å². The number of rotatable bonds is 0. The Hall–Kier alpha value is -1.86. The van der Waals surface area contributed by atoms with Gasteiger partial charge in [-0.15, -0.1) is 10.2 Å². The molecule has 19 heavy (non-hydrogen) atoms. The van der Waals surface area contributed by atoms with E-state index in [1.54, 1.807) is 6.07 Å². The fourth-order valence-electron chi connectivity index (χ4n) is 1.88. The molecule has 6 nitrogen and oxygen atoms in total. The van der Waals surface area contributed by atoms with Crippen LogP contribution in [0, 0.1) is 0 Å². The van der Waals surface area contributed by atoms with Crippen molar-refractivity contribution >= 4 is 38.4 Å². The number of nitrogens with zero attached hydrogens (tertiary/aromatic N) is 3. The van der Waals surface area contributed by atoms with Crippen molar-refractivity contribution in [3.63, 3.8) is 0 Å². The van der Waals surface area contributed by atoms with Gasteiger partial charge >= 0.3 is 0 Å². The fourth-order valence-corrected chi connectivity index (χ4v) is 2.40. The molecule has 96 valence electrons. The lowest BCUT2D eigenvalue weighted by molar-refractivity contribution is 0.199. The van der Waals surface area contributed by atoms with Crippen LogP contribution in [0.4, 0.5) is 0 Å². The van der Waals surface area contributed by atoms with Crippen molar-refractivity contribution in [3.8, 4) is 17.1 Å². The van der Waals surface area contributed by atoms with E-state index in [1.807, 2.05) is 0 Å². The number of benzene rings is 1. The third-order valence-corrected chi connectivity index (χ3v) is 3.94. The van der Waals surface area contributed by atoms with Gasteiger partial charge in [-0.05, 0) is 34.1 Å². The van der Waals surface area contributed by atoms with E-state index in [-0.39, 0.29) is 11.3 Å². The molecule has 1 aromatic rings. The zero-order valence-electron chi connectivity index (χ0n) is 9.13. The van der Waals surface area contributed by atoms with Crippen molar-refractivity contribution in [2.45, 2.75) is 0 Å². The van der Waals surface area contributed by atoms with Crippen molar-refractivity contribution in [1.29, 1.82) is 0 Å². The lowest BCUT2D eigenvalue weighted by atomic mass is 10.1. The van der Waals surface area contributed by atoms with E-state index in [0.717, 1.165) is 0 Å². The predicted octanol–water partition coefficient (Wildman–Crippen LogP) is 2.26. The monoisotopic (exact) mass is 341 g/mol. The molecule has 0 saturated carbocycles. The summed E-state index contributed by atoms with van der Waals surface area (Å²) in [5.41, 5.74) is -0.338. The average Bonchev–Trinajstić information content (AvgIpc) is 2.36. The minimum Gasteiger partial charge on any atom is -0.491 e. The molecule has 0 radical (unpaired) electrons. The van der Waals surface area contributed by atoms with E-state index in [0.29, 0.717) is 25.1 Å². The highest BCUT2D eigenvalue weighted by molar-refractivity contribution is 9.10. The summed E-state index contributed by atoms with van der Waals surface area (Å²) >= 11 is 9.22. The topological polar surface area (TPSA) is 88.2 Å². The molecule has 3 rings (SSSR count). The van der Waals surface area contributed by atoms with E-state index in [9.17, 15) is 15.1 Å². The summed E-state index contributed by atoms with van der Waals surface area (Å²) in [7, 11) is 0. The Labute approximate surface area is 119 Å². The van der Waals surface area contributed by atoms with Crippen LogP contribution in [0.5, 0.6) is 5.88 Å². The molecule has 0 saturated heterocycles. The van der Waals surface area contributed by atoms with Gasteiger partial charge < -0.3 is 10.3 Å². The zero-order valence-corrected chi connectivity index (χ0v) is 11.5. The minimum absolute atomic E-state index is 0.0664. The Bertz CT molecular complexity index is 849. The largest absolute Gasteiger partial charge is 0.491 e. The smallest absolute Gasteiger partial charge is 0.298 e. The predicted molar refractivity (Wildman–Crippen MR) is 72.0 cm³/mol. The van der Waals surface area contributed by atoms with Gasteiger partial charge in [-0.2, -0.15) is 4.73 Å². The highest BCUT2D eigenvalue weighted by Crippen LogP contribution is 2.33. The second-order valence-electron chi connectivity index (χ2n) is 3.87. The summed E-state index contributed by atoms with van der Waals surface area (Å²) in [6, 6.07) is 4.67. The van der Waals surface area contributed by atoms with Gasteiger partial charge in [0.05, 0.1) is 16.1 Å². The normalized spacial score (nSPS) is 11.3. The molecule has 0 atom stereocenters. The molecule has 0 aromatic heterocycles. The molecular weight excluding hydrogens is 337 g/mol. The van der Waals surface area contributed by atoms with Crippen molar-refractivity contribution in [2.75, 3.05) is 0 Å². The maximum absolute atomic E-state index is 11.6. The molecule has 8 heteroatoms. The first-order valence-corrected chi connectivity index (χ1v) is 6.25. The number of pyridine rings is 1. The van der Waals surface area contributed by atoms with Gasteiger partial charge in [0.2, 0.25) is 0 Å². The number of fused-ring (bicyclic) bond motifs is 2. The Kier molecular flexibility index (Phi) is 2.61. The number of aromatic nitrogens is 3. The van der Waals surface area contributed by atoms with Crippen molar-refractivity contribution in [2.24, 2.45) is 0 Å². The molecule has 0 aliphatic carbocycles. The molecule has 1 aromatic carbocycles. The molecule has 0 bridgehead atoms. The number of halogens is 2. The lowest BCUT2D eigenvalue weighted by Crippen LogP contribution is -2.16. The number of aromatic hydroxyl groups is 1. The van der Waals surface area contributed by atoms with Crippen LogP contribution in [0.2, 0.25) is 5.02 Å². The van der Waals surface area contributed by atoms with Crippen LogP contribution in [-0.4, -0.2) is 25.2 Å². The number of hydrogen-bond acceptors (Lipinski definition) is 5. The third kappa shape index (κ3) is 1.73. The Morgan fingerprint density at radius 1 is 1.26 bits per heavy atom. The van der Waals surface area contributed by atoms with Crippen molar-refractivity contribution < 1.29 is 10.3 Å². The highest BCUT2D eigenvalue weighted by Gasteiger charge is 2.20. The standard InChI is InChI=1S/C11H5BrClN3O3/c12-6-2-4-1-5-9(11(18)15-14-10(5)17)16(19)8(4)3-7(6)13/h1-3,18-19H. The Balaban J connectivity index is 2.60. The minimum atomic E-state index is -0.636. The molecule has 0 amide bonds. The molecule has 0 spiro atoms. The van der Waals surface area contributed by atoms with Gasteiger partial charge in [0.25, 0.3) is 11.4 Å². The van der Waals surface area contributed by atoms with Crippen LogP contribution in [0.25, 0.3) is 22.2 Å². The second kappa shape index (κ2) is 4.07. The van der Waals surface area contributed by atoms with Crippen LogP contribution >= 0.6 is 27.5 Å². The SMILES string of the molecule is O=c1nnc(O)c2n(O)c3cc(Cl)c(Br)cc3cc1-2. The van der Waals surface area contributed by atoms with Crippen LogP contribution in [-0.2, 0) is 0 Å². The summed E-state index contributed by atoms with van der Waals surface area (Å²) in [6.07, 6.45) is 0. The van der Waals surface area contributed by atoms with Crippen LogP contribution in [0.15, 0.2) is 27.5 Å². The summed E-state index contributed by atoms with van der Waals surface area (Å²) in [6.45, 7) is 0. The Morgan fingerprint density at radius 2 is 2.00 bits per heavy atom. The first-order chi connectivity index (χ1) is 8.99. The third-order valence-electron chi connectivity index (χ3n) is 2.74. The van der Waals surface area contributed by atoms with Crippen LogP contribution in [0.1, 0.15) is 0 Å². The van der Waals surface area contributed by atoms with Gasteiger partial charge in [-0.3, -0.25) is 4.79 Å². The summed E-state index contributed by atoms with van der Waals surface area (Å²) in [5, 5.41) is 27.2. The molecule has 2 aliphatic heterocycles. The van der Waals surface area contributed by atoms with E-state index in [4.69, 9.17) is 11.6 Å². The molecule has 0 unspecified atom stereocenters. The van der Waals surface area contributed by atoms with Crippen LogP contribution in [0.3, 0.4) is 0 Å². The second-order valence-corrected chi connectivity index (χ2v) is 5.13. The average molecular weight is 343 g/mol. The molecule has 0 fully saturated rings. The Morgan fingerprint density at radius 3 is 2.74 bits per heavy atom. The first-order valence-electron chi connectivity index (χ1n) is 5.08. The van der Waals surface area contributed by atoms with E-state index in [2.05, 4.69) is 26.1 Å². The van der Waals surface area contributed by atoms with Gasteiger partial charge in [-0.25, -0.2) is 0 Å². The molecule has 2 N–H and O–H groups in total. The van der Waals surface area contributed by atoms with E-state index < -0.39 is 11.4 Å². The molecule has 2 heterocycles. The van der Waals surface area contributed by atoms with Gasteiger partial charge in [0.15, 0.2) is 5.69 Å².